The molecule has 1 aliphatic carbocycles. The molecule has 37 heavy (non-hydrogen) atoms. The minimum atomic E-state index is -0.978. The van der Waals surface area contributed by atoms with E-state index in [9.17, 15) is 8.78 Å². The first-order valence-corrected chi connectivity index (χ1v) is 14.5. The van der Waals surface area contributed by atoms with Gasteiger partial charge in [-0.25, -0.2) is 4.39 Å². The van der Waals surface area contributed by atoms with Gasteiger partial charge < -0.3 is 14.2 Å². The van der Waals surface area contributed by atoms with Crippen molar-refractivity contribution in [3.05, 3.63) is 64.7 Å². The molecule has 0 amide bonds. The number of unbranched alkanes of at least 4 members (excludes halogenated alkanes) is 4. The standard InChI is InChI=1S/C32H44F2O3/c1-3-5-7-9-23-10-12-24(13-11-23)25-14-16-26(17-15-25)27-21-36-32(37-22-27)28-18-19-29(31(34)30(28)33)35-20-8-6-4-2/h14-19,23-24,27,32H,3-13,20-22H2,1-2H3. The van der Waals surface area contributed by atoms with Crippen molar-refractivity contribution in [1.29, 1.82) is 0 Å². The van der Waals surface area contributed by atoms with Crippen molar-refractivity contribution in [2.45, 2.75) is 103 Å². The maximum Gasteiger partial charge on any atom is 0.201 e. The fourth-order valence-corrected chi connectivity index (χ4v) is 5.76. The van der Waals surface area contributed by atoms with Crippen LogP contribution in [0.3, 0.4) is 0 Å². The number of benzene rings is 2. The molecule has 5 heteroatoms. The molecule has 0 N–H and O–H groups in total. The van der Waals surface area contributed by atoms with Crippen LogP contribution in [0.5, 0.6) is 5.75 Å². The lowest BCUT2D eigenvalue weighted by atomic mass is 9.77. The molecule has 0 spiro atoms. The van der Waals surface area contributed by atoms with E-state index in [0.717, 1.165) is 30.7 Å². The zero-order valence-corrected chi connectivity index (χ0v) is 22.7. The molecule has 1 saturated carbocycles. The van der Waals surface area contributed by atoms with Crippen LogP contribution in [0.4, 0.5) is 8.78 Å². The van der Waals surface area contributed by atoms with Gasteiger partial charge in [0.2, 0.25) is 5.82 Å². The van der Waals surface area contributed by atoms with Gasteiger partial charge in [-0.2, -0.15) is 4.39 Å². The second kappa shape index (κ2) is 14.2. The largest absolute Gasteiger partial charge is 0.490 e. The molecule has 2 aromatic carbocycles. The molecule has 0 unspecified atom stereocenters. The summed E-state index contributed by atoms with van der Waals surface area (Å²) in [5.41, 5.74) is 2.68. The quantitative estimate of drug-likeness (QED) is 0.264. The van der Waals surface area contributed by atoms with Crippen molar-refractivity contribution in [1.82, 2.24) is 0 Å². The van der Waals surface area contributed by atoms with Crippen LogP contribution >= 0.6 is 0 Å². The van der Waals surface area contributed by atoms with E-state index in [2.05, 4.69) is 38.1 Å². The van der Waals surface area contributed by atoms with Crippen molar-refractivity contribution < 1.29 is 23.0 Å². The van der Waals surface area contributed by atoms with Crippen LogP contribution in [0.1, 0.15) is 119 Å². The van der Waals surface area contributed by atoms with E-state index in [0.29, 0.717) is 25.7 Å². The maximum atomic E-state index is 14.7. The first-order valence-electron chi connectivity index (χ1n) is 14.5. The molecular weight excluding hydrogens is 470 g/mol. The Hall–Kier alpha value is -1.98. The van der Waals surface area contributed by atoms with Gasteiger partial charge in [0, 0.05) is 11.5 Å². The number of rotatable bonds is 12. The highest BCUT2D eigenvalue weighted by Gasteiger charge is 2.29. The third kappa shape index (κ3) is 7.54. The average molecular weight is 515 g/mol. The predicted octanol–water partition coefficient (Wildman–Crippen LogP) is 9.22. The minimum absolute atomic E-state index is 0.0592. The Labute approximate surface area is 221 Å². The number of ether oxygens (including phenoxy) is 3. The molecular formula is C32H44F2O3. The van der Waals surface area contributed by atoms with E-state index in [1.165, 1.54) is 69.1 Å². The van der Waals surface area contributed by atoms with Gasteiger partial charge in [-0.3, -0.25) is 0 Å². The van der Waals surface area contributed by atoms with Crippen molar-refractivity contribution in [2.75, 3.05) is 19.8 Å². The van der Waals surface area contributed by atoms with Crippen LogP contribution in [0.15, 0.2) is 36.4 Å². The Balaban J connectivity index is 1.26. The van der Waals surface area contributed by atoms with E-state index in [4.69, 9.17) is 14.2 Å². The number of hydrogen-bond acceptors (Lipinski definition) is 3. The molecule has 1 saturated heterocycles. The lowest BCUT2D eigenvalue weighted by molar-refractivity contribution is -0.193. The summed E-state index contributed by atoms with van der Waals surface area (Å²) in [7, 11) is 0. The van der Waals surface area contributed by atoms with Gasteiger partial charge in [0.05, 0.1) is 19.8 Å². The summed E-state index contributed by atoms with van der Waals surface area (Å²) in [6.07, 6.45) is 12.7. The lowest BCUT2D eigenvalue weighted by Gasteiger charge is -2.31. The van der Waals surface area contributed by atoms with Gasteiger partial charge in [-0.15, -0.1) is 0 Å². The molecule has 0 atom stereocenters. The monoisotopic (exact) mass is 514 g/mol. The highest BCUT2D eigenvalue weighted by atomic mass is 19.2. The van der Waals surface area contributed by atoms with Crippen LogP contribution in [0, 0.1) is 17.6 Å². The highest BCUT2D eigenvalue weighted by molar-refractivity contribution is 5.32. The lowest BCUT2D eigenvalue weighted by Crippen LogP contribution is -2.26. The minimum Gasteiger partial charge on any atom is -0.490 e. The van der Waals surface area contributed by atoms with Crippen LogP contribution in [-0.4, -0.2) is 19.8 Å². The first-order chi connectivity index (χ1) is 18.1. The molecule has 0 radical (unpaired) electrons. The molecule has 2 aromatic rings. The molecule has 1 aliphatic heterocycles. The molecule has 1 heterocycles. The summed E-state index contributed by atoms with van der Waals surface area (Å²) in [5.74, 6) is -0.338. The highest BCUT2D eigenvalue weighted by Crippen LogP contribution is 2.39. The van der Waals surface area contributed by atoms with Gasteiger partial charge in [-0.05, 0) is 67.2 Å². The summed E-state index contributed by atoms with van der Waals surface area (Å²) in [4.78, 5) is 0. The van der Waals surface area contributed by atoms with E-state index in [1.807, 2.05) is 0 Å². The predicted molar refractivity (Wildman–Crippen MR) is 144 cm³/mol. The van der Waals surface area contributed by atoms with Crippen LogP contribution in [0.2, 0.25) is 0 Å². The first kappa shape index (κ1) is 28.0. The summed E-state index contributed by atoms with van der Waals surface area (Å²) in [6.45, 7) is 5.54. The molecule has 2 fully saturated rings. The Kier molecular flexibility index (Phi) is 10.8. The number of hydrogen-bond donors (Lipinski definition) is 0. The smallest absolute Gasteiger partial charge is 0.201 e. The van der Waals surface area contributed by atoms with E-state index >= 15 is 0 Å². The Morgan fingerprint density at radius 2 is 1.35 bits per heavy atom. The fourth-order valence-electron chi connectivity index (χ4n) is 5.76. The van der Waals surface area contributed by atoms with Crippen LogP contribution in [0.25, 0.3) is 0 Å². The second-order valence-corrected chi connectivity index (χ2v) is 10.9. The molecule has 204 valence electrons. The SMILES string of the molecule is CCCCCOc1ccc(C2OCC(c3ccc(C4CCC(CCCCC)CC4)cc3)CO2)c(F)c1F. The van der Waals surface area contributed by atoms with E-state index in [1.54, 1.807) is 0 Å². The topological polar surface area (TPSA) is 27.7 Å². The third-order valence-electron chi connectivity index (χ3n) is 8.18. The van der Waals surface area contributed by atoms with Gasteiger partial charge in [0.15, 0.2) is 17.9 Å². The zero-order chi connectivity index (χ0) is 26.0. The molecule has 0 aromatic heterocycles. The summed E-state index contributed by atoms with van der Waals surface area (Å²) >= 11 is 0. The Morgan fingerprint density at radius 3 is 2.00 bits per heavy atom. The third-order valence-corrected chi connectivity index (χ3v) is 8.18. The number of halogens is 2. The summed E-state index contributed by atoms with van der Waals surface area (Å²) in [6, 6.07) is 11.9. The Bertz CT molecular complexity index is 945. The van der Waals surface area contributed by atoms with Crippen molar-refractivity contribution in [3.8, 4) is 5.75 Å². The van der Waals surface area contributed by atoms with Crippen LogP contribution in [-0.2, 0) is 9.47 Å². The van der Waals surface area contributed by atoms with Gasteiger partial charge in [0.25, 0.3) is 0 Å². The van der Waals surface area contributed by atoms with Crippen molar-refractivity contribution >= 4 is 0 Å². The normalized spacial score (nSPS) is 24.2. The second-order valence-electron chi connectivity index (χ2n) is 10.9. The van der Waals surface area contributed by atoms with E-state index < -0.39 is 17.9 Å². The average Bonchev–Trinajstić information content (AvgIpc) is 2.94. The van der Waals surface area contributed by atoms with Crippen LogP contribution < -0.4 is 4.74 Å². The maximum absolute atomic E-state index is 14.7. The fraction of sp³-hybridized carbons (Fsp3) is 0.625. The molecule has 0 bridgehead atoms. The Morgan fingerprint density at radius 1 is 0.730 bits per heavy atom. The van der Waals surface area contributed by atoms with Gasteiger partial charge in [0.1, 0.15) is 0 Å². The molecule has 3 nitrogen and oxygen atoms in total. The summed E-state index contributed by atoms with van der Waals surface area (Å²) < 4.78 is 46.4. The van der Waals surface area contributed by atoms with Crippen molar-refractivity contribution in [3.63, 3.8) is 0 Å². The zero-order valence-electron chi connectivity index (χ0n) is 22.7. The molecule has 4 rings (SSSR count). The molecule has 2 aliphatic rings. The van der Waals surface area contributed by atoms with E-state index in [-0.39, 0.29) is 17.2 Å². The van der Waals surface area contributed by atoms with Gasteiger partial charge >= 0.3 is 0 Å². The van der Waals surface area contributed by atoms with Crippen molar-refractivity contribution in [2.24, 2.45) is 5.92 Å². The summed E-state index contributed by atoms with van der Waals surface area (Å²) in [5, 5.41) is 0. The van der Waals surface area contributed by atoms with Gasteiger partial charge in [-0.1, -0.05) is 76.6 Å².